The van der Waals surface area contributed by atoms with Crippen LogP contribution in [0.2, 0.25) is 0 Å². The molecule has 27 heavy (non-hydrogen) atoms. The fraction of sp³-hybridized carbons (Fsp3) is 0.800. The molecule has 0 aromatic carbocycles. The molecule has 2 aliphatic carbocycles. The number of anilines is 1. The third kappa shape index (κ3) is 3.46. The van der Waals surface area contributed by atoms with E-state index in [2.05, 4.69) is 45.6 Å². The molecule has 4 N–H and O–H groups in total. The van der Waals surface area contributed by atoms with Gasteiger partial charge in [0.2, 0.25) is 0 Å². The largest absolute Gasteiger partial charge is 0.372 e. The van der Waals surface area contributed by atoms with Crippen LogP contribution in [0, 0.1) is 5.92 Å². The van der Waals surface area contributed by atoms with E-state index in [1.165, 1.54) is 12.8 Å². The summed E-state index contributed by atoms with van der Waals surface area (Å²) in [4.78, 5) is 11.5. The second-order valence-corrected chi connectivity index (χ2v) is 9.34. The lowest BCUT2D eigenvalue weighted by atomic mass is 9.79. The smallest absolute Gasteiger partial charge is 0.132 e. The lowest BCUT2D eigenvalue weighted by Crippen LogP contribution is -2.38. The van der Waals surface area contributed by atoms with Gasteiger partial charge in [0.05, 0.1) is 23.4 Å². The average Bonchev–Trinajstić information content (AvgIpc) is 3.08. The molecule has 1 aromatic heterocycles. The number of hydrazine groups is 1. The van der Waals surface area contributed by atoms with Crippen LogP contribution in [0.1, 0.15) is 64.1 Å². The first-order valence-electron chi connectivity index (χ1n) is 10.5. The van der Waals surface area contributed by atoms with Gasteiger partial charge >= 0.3 is 0 Å². The highest BCUT2D eigenvalue weighted by molar-refractivity contribution is 5.43. The Bertz CT molecular complexity index is 695. The van der Waals surface area contributed by atoms with Crippen LogP contribution in [0.25, 0.3) is 0 Å². The number of fused-ring (bicyclic) bond motifs is 1. The topological polar surface area (TPSA) is 88.3 Å². The van der Waals surface area contributed by atoms with Gasteiger partial charge in [0.15, 0.2) is 0 Å². The third-order valence-electron chi connectivity index (χ3n) is 7.00. The number of aromatic nitrogens is 2. The SMILES string of the molecule is C[C@H]1C[C@@H](N)CN1c1cc(C2NNC3CCC(OC4(C)CC4)CC32)ncn1. The highest BCUT2D eigenvalue weighted by Crippen LogP contribution is 2.45. The summed E-state index contributed by atoms with van der Waals surface area (Å²) in [5, 5.41) is 0. The molecule has 3 heterocycles. The van der Waals surface area contributed by atoms with Crippen molar-refractivity contribution in [2.75, 3.05) is 11.4 Å². The van der Waals surface area contributed by atoms with Gasteiger partial charge in [-0.15, -0.1) is 0 Å². The minimum Gasteiger partial charge on any atom is -0.372 e. The lowest BCUT2D eigenvalue weighted by Gasteiger charge is -2.34. The number of hydrogen-bond donors (Lipinski definition) is 3. The van der Waals surface area contributed by atoms with Crippen molar-refractivity contribution in [3.63, 3.8) is 0 Å². The fourth-order valence-electron chi connectivity index (χ4n) is 5.19. The number of hydrogen-bond acceptors (Lipinski definition) is 7. The Morgan fingerprint density at radius 3 is 2.81 bits per heavy atom. The molecule has 0 radical (unpaired) electrons. The first kappa shape index (κ1) is 17.8. The van der Waals surface area contributed by atoms with Crippen LogP contribution in [-0.2, 0) is 4.74 Å². The number of rotatable bonds is 4. The molecule has 7 heteroatoms. The highest BCUT2D eigenvalue weighted by atomic mass is 16.5. The van der Waals surface area contributed by atoms with Crippen LogP contribution in [0.5, 0.6) is 0 Å². The van der Waals surface area contributed by atoms with Gasteiger partial charge in [0.1, 0.15) is 12.1 Å². The predicted octanol–water partition coefficient (Wildman–Crippen LogP) is 1.66. The van der Waals surface area contributed by atoms with Crippen LogP contribution in [0.15, 0.2) is 12.4 Å². The van der Waals surface area contributed by atoms with E-state index in [0.717, 1.165) is 43.7 Å². The van der Waals surface area contributed by atoms with Gasteiger partial charge in [-0.25, -0.2) is 15.4 Å². The number of nitrogens with two attached hydrogens (primary N) is 1. The van der Waals surface area contributed by atoms with Crippen molar-refractivity contribution in [1.29, 1.82) is 0 Å². The van der Waals surface area contributed by atoms with Crippen molar-refractivity contribution in [1.82, 2.24) is 20.8 Å². The zero-order chi connectivity index (χ0) is 18.6. The van der Waals surface area contributed by atoms with E-state index in [4.69, 9.17) is 10.5 Å². The Labute approximate surface area is 161 Å². The first-order chi connectivity index (χ1) is 13.0. The number of nitrogens with zero attached hydrogens (tertiary/aromatic N) is 3. The lowest BCUT2D eigenvalue weighted by molar-refractivity contribution is -0.0500. The Balaban J connectivity index is 1.33. The number of nitrogens with one attached hydrogen (secondary N) is 2. The molecular weight excluding hydrogens is 340 g/mol. The maximum Gasteiger partial charge on any atom is 0.132 e. The molecule has 0 spiro atoms. The van der Waals surface area contributed by atoms with Crippen molar-refractivity contribution in [2.45, 2.75) is 88.2 Å². The van der Waals surface area contributed by atoms with Crippen molar-refractivity contribution >= 4 is 5.82 Å². The highest BCUT2D eigenvalue weighted by Gasteiger charge is 2.46. The van der Waals surface area contributed by atoms with Gasteiger partial charge < -0.3 is 15.4 Å². The van der Waals surface area contributed by atoms with E-state index in [0.29, 0.717) is 24.1 Å². The van der Waals surface area contributed by atoms with Crippen molar-refractivity contribution < 1.29 is 4.74 Å². The summed E-state index contributed by atoms with van der Waals surface area (Å²) < 4.78 is 6.40. The molecule has 4 fully saturated rings. The van der Waals surface area contributed by atoms with Crippen molar-refractivity contribution in [3.8, 4) is 0 Å². The van der Waals surface area contributed by atoms with E-state index in [1.807, 2.05) is 0 Å². The molecule has 7 nitrogen and oxygen atoms in total. The molecule has 2 saturated carbocycles. The minimum atomic E-state index is 0.152. The summed E-state index contributed by atoms with van der Waals surface area (Å²) in [5.74, 6) is 1.51. The molecular formula is C20H32N6O. The van der Waals surface area contributed by atoms with E-state index < -0.39 is 0 Å². The van der Waals surface area contributed by atoms with Crippen molar-refractivity contribution in [2.24, 2.45) is 11.7 Å². The molecule has 0 amide bonds. The molecule has 0 bridgehead atoms. The minimum absolute atomic E-state index is 0.152. The van der Waals surface area contributed by atoms with Gasteiger partial charge in [0.25, 0.3) is 0 Å². The van der Waals surface area contributed by atoms with Crippen LogP contribution in [-0.4, -0.2) is 46.3 Å². The van der Waals surface area contributed by atoms with Crippen molar-refractivity contribution in [3.05, 3.63) is 18.1 Å². The second-order valence-electron chi connectivity index (χ2n) is 9.34. The van der Waals surface area contributed by atoms with Gasteiger partial charge in [-0.1, -0.05) is 0 Å². The molecule has 6 atom stereocenters. The van der Waals surface area contributed by atoms with Crippen LogP contribution in [0.4, 0.5) is 5.82 Å². The van der Waals surface area contributed by atoms with E-state index in [-0.39, 0.29) is 17.7 Å². The normalized spacial score (nSPS) is 40.2. The number of ether oxygens (including phenoxy) is 1. The first-order valence-corrected chi connectivity index (χ1v) is 10.5. The molecule has 2 aliphatic heterocycles. The Morgan fingerprint density at radius 2 is 2.07 bits per heavy atom. The monoisotopic (exact) mass is 372 g/mol. The maximum atomic E-state index is 6.40. The summed E-state index contributed by atoms with van der Waals surface area (Å²) in [6, 6.07) is 3.52. The van der Waals surface area contributed by atoms with E-state index >= 15 is 0 Å². The molecule has 5 rings (SSSR count). The summed E-state index contributed by atoms with van der Waals surface area (Å²) in [6.45, 7) is 5.34. The molecule has 4 unspecified atom stereocenters. The van der Waals surface area contributed by atoms with Gasteiger partial charge in [0, 0.05) is 36.7 Å². The third-order valence-corrected chi connectivity index (χ3v) is 7.00. The summed E-state index contributed by atoms with van der Waals surface area (Å²) in [5.41, 5.74) is 14.4. The van der Waals surface area contributed by atoms with Gasteiger partial charge in [-0.05, 0) is 52.4 Å². The molecule has 2 saturated heterocycles. The van der Waals surface area contributed by atoms with Gasteiger partial charge in [-0.2, -0.15) is 0 Å². The summed E-state index contributed by atoms with van der Waals surface area (Å²) in [7, 11) is 0. The molecule has 1 aromatic rings. The van der Waals surface area contributed by atoms with Crippen LogP contribution >= 0.6 is 0 Å². The summed E-state index contributed by atoms with van der Waals surface area (Å²) >= 11 is 0. The zero-order valence-electron chi connectivity index (χ0n) is 16.4. The van der Waals surface area contributed by atoms with E-state index in [9.17, 15) is 0 Å². The predicted molar refractivity (Wildman–Crippen MR) is 104 cm³/mol. The zero-order valence-corrected chi connectivity index (χ0v) is 16.4. The second kappa shape index (κ2) is 6.65. The Kier molecular flexibility index (Phi) is 4.39. The Morgan fingerprint density at radius 1 is 1.22 bits per heavy atom. The van der Waals surface area contributed by atoms with Crippen LogP contribution in [0.3, 0.4) is 0 Å². The van der Waals surface area contributed by atoms with Crippen LogP contribution < -0.4 is 21.5 Å². The van der Waals surface area contributed by atoms with Gasteiger partial charge in [-0.3, -0.25) is 5.43 Å². The maximum absolute atomic E-state index is 6.40. The molecule has 4 aliphatic rings. The standard InChI is InChI=1S/C20H32N6O/c1-12-7-13(21)10-26(12)18-9-17(22-11-23-18)19-15-8-14(27-20(2)5-6-20)3-4-16(15)24-25-19/h9,11-16,19,24-25H,3-8,10,21H2,1-2H3/t12-,13+,14?,15?,16?,19?/m0/s1. The fourth-order valence-corrected chi connectivity index (χ4v) is 5.19. The molecule has 148 valence electrons. The Hall–Kier alpha value is -1.28. The average molecular weight is 373 g/mol. The quantitative estimate of drug-likeness (QED) is 0.741. The summed E-state index contributed by atoms with van der Waals surface area (Å²) in [6.07, 6.45) is 8.92. The van der Waals surface area contributed by atoms with E-state index in [1.54, 1.807) is 6.33 Å².